The van der Waals surface area contributed by atoms with Crippen LogP contribution in [0, 0.1) is 17.0 Å². The van der Waals surface area contributed by atoms with Crippen LogP contribution in [0.5, 0.6) is 0 Å². The number of nitro groups is 1. The Hall–Kier alpha value is -2.37. The molecular formula is C13H16N4O2. The Balaban J connectivity index is 2.08. The average molecular weight is 260 g/mol. The maximum atomic E-state index is 10.7. The van der Waals surface area contributed by atoms with Crippen molar-refractivity contribution in [3.63, 3.8) is 0 Å². The zero-order valence-electron chi connectivity index (χ0n) is 11.0. The lowest BCUT2D eigenvalue weighted by Crippen LogP contribution is -2.06. The third-order valence-corrected chi connectivity index (χ3v) is 3.01. The summed E-state index contributed by atoms with van der Waals surface area (Å²) in [6, 6.07) is 5.03. The van der Waals surface area contributed by atoms with Crippen LogP contribution in [-0.2, 0) is 13.1 Å². The van der Waals surface area contributed by atoms with Crippen LogP contribution in [-0.4, -0.2) is 14.5 Å². The molecule has 0 bridgehead atoms. The van der Waals surface area contributed by atoms with Crippen LogP contribution >= 0.6 is 0 Å². The zero-order chi connectivity index (χ0) is 13.8. The molecule has 1 aromatic heterocycles. The standard InChI is InChI=1S/C13H16N4O2/c1-3-16-9-14-7-12(16)8-15-11-4-5-13(17(18)19)10(2)6-11/h4-7,9,15H,3,8H2,1-2H3. The number of imidazole rings is 1. The largest absolute Gasteiger partial charge is 0.379 e. The highest BCUT2D eigenvalue weighted by molar-refractivity contribution is 5.53. The zero-order valence-corrected chi connectivity index (χ0v) is 11.0. The highest BCUT2D eigenvalue weighted by Gasteiger charge is 2.10. The van der Waals surface area contributed by atoms with Gasteiger partial charge >= 0.3 is 0 Å². The Morgan fingerprint density at radius 3 is 2.89 bits per heavy atom. The summed E-state index contributed by atoms with van der Waals surface area (Å²) in [5.74, 6) is 0. The van der Waals surface area contributed by atoms with Crippen LogP contribution in [0.2, 0.25) is 0 Å². The second kappa shape index (κ2) is 5.51. The number of nitrogens with one attached hydrogen (secondary N) is 1. The predicted octanol–water partition coefficient (Wildman–Crippen LogP) is 2.73. The quantitative estimate of drug-likeness (QED) is 0.662. The number of nitrogens with zero attached hydrogens (tertiary/aromatic N) is 3. The van der Waals surface area contributed by atoms with Crippen molar-refractivity contribution >= 4 is 11.4 Å². The van der Waals surface area contributed by atoms with E-state index in [1.54, 1.807) is 25.4 Å². The number of hydrogen-bond acceptors (Lipinski definition) is 4. The van der Waals surface area contributed by atoms with E-state index in [0.29, 0.717) is 12.1 Å². The molecule has 0 aliphatic rings. The third kappa shape index (κ3) is 2.90. The predicted molar refractivity (Wildman–Crippen MR) is 73.1 cm³/mol. The van der Waals surface area contributed by atoms with Crippen molar-refractivity contribution < 1.29 is 4.92 Å². The molecule has 0 aliphatic heterocycles. The van der Waals surface area contributed by atoms with Crippen LogP contribution in [0.1, 0.15) is 18.2 Å². The normalized spacial score (nSPS) is 10.4. The molecule has 6 nitrogen and oxygen atoms in total. The Kier molecular flexibility index (Phi) is 3.79. The summed E-state index contributed by atoms with van der Waals surface area (Å²) < 4.78 is 2.05. The fraction of sp³-hybridized carbons (Fsp3) is 0.308. The van der Waals surface area contributed by atoms with Gasteiger partial charge in [-0.3, -0.25) is 10.1 Å². The summed E-state index contributed by atoms with van der Waals surface area (Å²) in [5.41, 5.74) is 2.74. The van der Waals surface area contributed by atoms with Crippen LogP contribution in [0.15, 0.2) is 30.7 Å². The van der Waals surface area contributed by atoms with Crippen molar-refractivity contribution in [3.8, 4) is 0 Å². The maximum absolute atomic E-state index is 10.7. The van der Waals surface area contributed by atoms with Gasteiger partial charge in [0.15, 0.2) is 0 Å². The molecule has 0 saturated heterocycles. The average Bonchev–Trinajstić information content (AvgIpc) is 2.83. The van der Waals surface area contributed by atoms with Gasteiger partial charge in [-0.25, -0.2) is 4.98 Å². The SMILES string of the molecule is CCn1cncc1CNc1ccc([N+](=O)[O-])c(C)c1. The van der Waals surface area contributed by atoms with E-state index in [1.165, 1.54) is 6.07 Å². The molecule has 0 saturated carbocycles. The number of rotatable bonds is 5. The van der Waals surface area contributed by atoms with E-state index >= 15 is 0 Å². The van der Waals surface area contributed by atoms with Crippen molar-refractivity contribution in [2.45, 2.75) is 26.9 Å². The van der Waals surface area contributed by atoms with E-state index < -0.39 is 0 Å². The molecule has 0 spiro atoms. The first-order chi connectivity index (χ1) is 9.11. The van der Waals surface area contributed by atoms with Crippen LogP contribution in [0.25, 0.3) is 0 Å². The van der Waals surface area contributed by atoms with Gasteiger partial charge in [0, 0.05) is 30.1 Å². The first kappa shape index (κ1) is 13.1. The molecule has 1 aromatic carbocycles. The van der Waals surface area contributed by atoms with E-state index in [9.17, 15) is 10.1 Å². The number of nitro benzene ring substituents is 1. The highest BCUT2D eigenvalue weighted by Crippen LogP contribution is 2.21. The lowest BCUT2D eigenvalue weighted by Gasteiger charge is -2.09. The number of hydrogen-bond donors (Lipinski definition) is 1. The molecule has 0 fully saturated rings. The number of benzene rings is 1. The van der Waals surface area contributed by atoms with Gasteiger partial charge in [-0.05, 0) is 26.0 Å². The van der Waals surface area contributed by atoms with E-state index in [4.69, 9.17) is 0 Å². The Labute approximate surface area is 111 Å². The van der Waals surface area contributed by atoms with Crippen molar-refractivity contribution in [3.05, 3.63) is 52.1 Å². The molecule has 0 atom stereocenters. The topological polar surface area (TPSA) is 73.0 Å². The molecule has 0 radical (unpaired) electrons. The molecule has 2 rings (SSSR count). The fourth-order valence-electron chi connectivity index (χ4n) is 1.94. The lowest BCUT2D eigenvalue weighted by molar-refractivity contribution is -0.385. The van der Waals surface area contributed by atoms with Gasteiger partial charge in [0.2, 0.25) is 0 Å². The summed E-state index contributed by atoms with van der Waals surface area (Å²) in [7, 11) is 0. The summed E-state index contributed by atoms with van der Waals surface area (Å²) in [6.07, 6.45) is 3.60. The number of aromatic nitrogens is 2. The molecule has 0 amide bonds. The van der Waals surface area contributed by atoms with Gasteiger partial charge in [-0.2, -0.15) is 0 Å². The van der Waals surface area contributed by atoms with E-state index in [-0.39, 0.29) is 10.6 Å². The van der Waals surface area contributed by atoms with Gasteiger partial charge in [-0.1, -0.05) is 0 Å². The minimum Gasteiger partial charge on any atom is -0.379 e. The summed E-state index contributed by atoms with van der Waals surface area (Å²) >= 11 is 0. The summed E-state index contributed by atoms with van der Waals surface area (Å²) in [4.78, 5) is 14.5. The second-order valence-electron chi connectivity index (χ2n) is 4.28. The van der Waals surface area contributed by atoms with Crippen molar-refractivity contribution in [1.82, 2.24) is 9.55 Å². The minimum absolute atomic E-state index is 0.143. The minimum atomic E-state index is -0.370. The Morgan fingerprint density at radius 2 is 2.26 bits per heavy atom. The van der Waals surface area contributed by atoms with Gasteiger partial charge in [0.25, 0.3) is 5.69 Å². The van der Waals surface area contributed by atoms with Crippen molar-refractivity contribution in [2.24, 2.45) is 0 Å². The second-order valence-corrected chi connectivity index (χ2v) is 4.28. The number of aryl methyl sites for hydroxylation is 2. The number of anilines is 1. The Morgan fingerprint density at radius 1 is 1.47 bits per heavy atom. The van der Waals surface area contributed by atoms with Crippen molar-refractivity contribution in [1.29, 1.82) is 0 Å². The molecule has 0 unspecified atom stereocenters. The van der Waals surface area contributed by atoms with E-state index in [1.807, 2.05) is 10.8 Å². The van der Waals surface area contributed by atoms with Gasteiger partial charge < -0.3 is 9.88 Å². The van der Waals surface area contributed by atoms with E-state index in [0.717, 1.165) is 17.9 Å². The molecule has 2 aromatic rings. The smallest absolute Gasteiger partial charge is 0.272 e. The fourth-order valence-corrected chi connectivity index (χ4v) is 1.94. The highest BCUT2D eigenvalue weighted by atomic mass is 16.6. The molecule has 19 heavy (non-hydrogen) atoms. The third-order valence-electron chi connectivity index (χ3n) is 3.01. The first-order valence-corrected chi connectivity index (χ1v) is 6.09. The molecule has 0 aliphatic carbocycles. The van der Waals surface area contributed by atoms with Gasteiger partial charge in [0.1, 0.15) is 0 Å². The van der Waals surface area contributed by atoms with Crippen LogP contribution in [0.3, 0.4) is 0 Å². The monoisotopic (exact) mass is 260 g/mol. The van der Waals surface area contributed by atoms with Gasteiger partial charge in [0.05, 0.1) is 23.5 Å². The molecule has 100 valence electrons. The van der Waals surface area contributed by atoms with Crippen LogP contribution in [0.4, 0.5) is 11.4 Å². The van der Waals surface area contributed by atoms with Crippen LogP contribution < -0.4 is 5.32 Å². The maximum Gasteiger partial charge on any atom is 0.272 e. The van der Waals surface area contributed by atoms with Crippen molar-refractivity contribution in [2.75, 3.05) is 5.32 Å². The summed E-state index contributed by atoms with van der Waals surface area (Å²) in [5, 5.41) is 14.0. The molecule has 6 heteroatoms. The summed E-state index contributed by atoms with van der Waals surface area (Å²) in [6.45, 7) is 5.31. The first-order valence-electron chi connectivity index (χ1n) is 6.09. The lowest BCUT2D eigenvalue weighted by atomic mass is 10.2. The Bertz CT molecular complexity index is 592. The van der Waals surface area contributed by atoms with Gasteiger partial charge in [-0.15, -0.1) is 0 Å². The molecular weight excluding hydrogens is 244 g/mol. The molecule has 1 N–H and O–H groups in total. The van der Waals surface area contributed by atoms with E-state index in [2.05, 4.69) is 17.2 Å². The molecule has 1 heterocycles.